The molecular formula is C15H24N4O2. The van der Waals surface area contributed by atoms with Gasteiger partial charge in [-0.1, -0.05) is 0 Å². The highest BCUT2D eigenvalue weighted by molar-refractivity contribution is 5.90. The van der Waals surface area contributed by atoms with Gasteiger partial charge in [-0.25, -0.2) is 0 Å². The molecule has 0 aliphatic carbocycles. The Morgan fingerprint density at radius 1 is 1.43 bits per heavy atom. The first-order valence-corrected chi connectivity index (χ1v) is 7.94. The fourth-order valence-corrected chi connectivity index (χ4v) is 3.08. The summed E-state index contributed by atoms with van der Waals surface area (Å²) >= 11 is 0. The quantitative estimate of drug-likeness (QED) is 0.860. The van der Waals surface area contributed by atoms with Gasteiger partial charge in [-0.3, -0.25) is 9.48 Å². The van der Waals surface area contributed by atoms with Crippen molar-refractivity contribution in [2.75, 3.05) is 25.0 Å². The van der Waals surface area contributed by atoms with E-state index in [-0.39, 0.29) is 12.0 Å². The molecule has 2 aliphatic rings. The maximum atomic E-state index is 12.0. The Hall–Kier alpha value is -1.40. The van der Waals surface area contributed by atoms with Crippen molar-refractivity contribution in [3.05, 3.63) is 12.4 Å². The Kier molecular flexibility index (Phi) is 4.87. The minimum atomic E-state index is 0.0959. The number of carbonyl (C=O) groups excluding carboxylic acids is 1. The minimum absolute atomic E-state index is 0.0959. The molecule has 21 heavy (non-hydrogen) atoms. The second-order valence-corrected chi connectivity index (χ2v) is 6.03. The van der Waals surface area contributed by atoms with Crippen molar-refractivity contribution in [3.8, 4) is 0 Å². The third kappa shape index (κ3) is 4.28. The van der Waals surface area contributed by atoms with E-state index >= 15 is 0 Å². The standard InChI is InChI=1S/C15H24N4O2/c20-15(8-12-3-5-16-6-4-12)18-13-9-17-19(10-13)11-14-2-1-7-21-14/h9-10,12,14,16H,1-8,11H2,(H,18,20). The molecule has 0 bridgehead atoms. The average molecular weight is 292 g/mol. The molecule has 1 aromatic rings. The summed E-state index contributed by atoms with van der Waals surface area (Å²) in [6, 6.07) is 0. The molecule has 0 spiro atoms. The second kappa shape index (κ2) is 7.04. The highest BCUT2D eigenvalue weighted by Gasteiger charge is 2.18. The van der Waals surface area contributed by atoms with Crippen LogP contribution in [0.1, 0.15) is 32.1 Å². The van der Waals surface area contributed by atoms with Crippen LogP contribution in [0.2, 0.25) is 0 Å². The molecule has 6 heteroatoms. The van der Waals surface area contributed by atoms with Crippen molar-refractivity contribution in [2.45, 2.75) is 44.8 Å². The molecule has 116 valence electrons. The van der Waals surface area contributed by atoms with Crippen LogP contribution in [0.15, 0.2) is 12.4 Å². The van der Waals surface area contributed by atoms with E-state index in [1.165, 1.54) is 0 Å². The van der Waals surface area contributed by atoms with Gasteiger partial charge in [-0.2, -0.15) is 5.10 Å². The summed E-state index contributed by atoms with van der Waals surface area (Å²) in [4.78, 5) is 12.0. The highest BCUT2D eigenvalue weighted by atomic mass is 16.5. The smallest absolute Gasteiger partial charge is 0.224 e. The summed E-state index contributed by atoms with van der Waals surface area (Å²) < 4.78 is 7.45. The number of nitrogens with one attached hydrogen (secondary N) is 2. The number of hydrogen-bond acceptors (Lipinski definition) is 4. The maximum absolute atomic E-state index is 12.0. The lowest BCUT2D eigenvalue weighted by Gasteiger charge is -2.21. The first kappa shape index (κ1) is 14.5. The molecule has 1 amide bonds. The van der Waals surface area contributed by atoms with Crippen molar-refractivity contribution in [1.29, 1.82) is 0 Å². The first-order valence-electron chi connectivity index (χ1n) is 7.94. The molecule has 1 atom stereocenters. The lowest BCUT2D eigenvalue weighted by molar-refractivity contribution is -0.117. The fraction of sp³-hybridized carbons (Fsp3) is 0.733. The minimum Gasteiger partial charge on any atom is -0.376 e. The van der Waals surface area contributed by atoms with Crippen LogP contribution < -0.4 is 10.6 Å². The lowest BCUT2D eigenvalue weighted by atomic mass is 9.94. The van der Waals surface area contributed by atoms with E-state index in [0.717, 1.165) is 57.6 Å². The number of piperidine rings is 1. The average Bonchev–Trinajstić information content (AvgIpc) is 3.13. The van der Waals surface area contributed by atoms with Crippen LogP contribution in [0.5, 0.6) is 0 Å². The molecule has 6 nitrogen and oxygen atoms in total. The van der Waals surface area contributed by atoms with E-state index in [4.69, 9.17) is 4.74 Å². The summed E-state index contributed by atoms with van der Waals surface area (Å²) in [5.74, 6) is 0.603. The van der Waals surface area contributed by atoms with Gasteiger partial charge in [-0.05, 0) is 44.7 Å². The molecule has 1 aromatic heterocycles. The van der Waals surface area contributed by atoms with Gasteiger partial charge in [0.1, 0.15) is 0 Å². The molecule has 0 radical (unpaired) electrons. The van der Waals surface area contributed by atoms with Crippen LogP contribution in [0, 0.1) is 5.92 Å². The monoisotopic (exact) mass is 292 g/mol. The third-order valence-electron chi connectivity index (χ3n) is 4.26. The van der Waals surface area contributed by atoms with Crippen LogP contribution in [0.4, 0.5) is 5.69 Å². The second-order valence-electron chi connectivity index (χ2n) is 6.03. The van der Waals surface area contributed by atoms with Crippen LogP contribution >= 0.6 is 0 Å². The third-order valence-corrected chi connectivity index (χ3v) is 4.26. The predicted octanol–water partition coefficient (Wildman–Crippen LogP) is 1.39. The summed E-state index contributed by atoms with van der Waals surface area (Å²) in [5, 5.41) is 10.6. The van der Waals surface area contributed by atoms with Gasteiger partial charge in [0, 0.05) is 19.2 Å². The number of amides is 1. The van der Waals surface area contributed by atoms with E-state index < -0.39 is 0 Å². The van der Waals surface area contributed by atoms with Gasteiger partial charge < -0.3 is 15.4 Å². The number of hydrogen-bond donors (Lipinski definition) is 2. The molecule has 2 saturated heterocycles. The summed E-state index contributed by atoms with van der Waals surface area (Å²) in [6.07, 6.45) is 8.89. The van der Waals surface area contributed by atoms with E-state index in [1.807, 2.05) is 10.9 Å². The summed E-state index contributed by atoms with van der Waals surface area (Å²) in [7, 11) is 0. The number of aromatic nitrogens is 2. The molecule has 0 saturated carbocycles. The predicted molar refractivity (Wildman–Crippen MR) is 80.0 cm³/mol. The topological polar surface area (TPSA) is 68.2 Å². The largest absolute Gasteiger partial charge is 0.376 e. The van der Waals surface area contributed by atoms with Crippen molar-refractivity contribution >= 4 is 11.6 Å². The Morgan fingerprint density at radius 2 is 2.29 bits per heavy atom. The number of carbonyl (C=O) groups is 1. The number of nitrogens with zero attached hydrogens (tertiary/aromatic N) is 2. The Balaban J connectivity index is 1.45. The van der Waals surface area contributed by atoms with Gasteiger partial charge in [0.2, 0.25) is 5.91 Å². The zero-order valence-electron chi connectivity index (χ0n) is 12.4. The lowest BCUT2D eigenvalue weighted by Crippen LogP contribution is -2.30. The van der Waals surface area contributed by atoms with Crippen LogP contribution in [0.3, 0.4) is 0 Å². The fourth-order valence-electron chi connectivity index (χ4n) is 3.08. The normalized spacial score (nSPS) is 23.3. The van der Waals surface area contributed by atoms with E-state index in [1.54, 1.807) is 6.20 Å². The molecule has 2 aliphatic heterocycles. The molecular weight excluding hydrogens is 268 g/mol. The zero-order chi connectivity index (χ0) is 14.5. The maximum Gasteiger partial charge on any atom is 0.224 e. The zero-order valence-corrected chi connectivity index (χ0v) is 12.4. The number of anilines is 1. The van der Waals surface area contributed by atoms with Crippen molar-refractivity contribution < 1.29 is 9.53 Å². The Labute approximate surface area is 125 Å². The van der Waals surface area contributed by atoms with Gasteiger partial charge >= 0.3 is 0 Å². The summed E-state index contributed by atoms with van der Waals surface area (Å²) in [5.41, 5.74) is 0.784. The molecule has 0 aromatic carbocycles. The molecule has 2 N–H and O–H groups in total. The number of rotatable bonds is 5. The van der Waals surface area contributed by atoms with Gasteiger partial charge in [-0.15, -0.1) is 0 Å². The van der Waals surface area contributed by atoms with Gasteiger partial charge in [0.25, 0.3) is 0 Å². The molecule has 3 heterocycles. The van der Waals surface area contributed by atoms with E-state index in [0.29, 0.717) is 12.3 Å². The Morgan fingerprint density at radius 3 is 3.05 bits per heavy atom. The first-order chi connectivity index (χ1) is 10.3. The van der Waals surface area contributed by atoms with Crippen molar-refractivity contribution in [2.24, 2.45) is 5.92 Å². The molecule has 2 fully saturated rings. The van der Waals surface area contributed by atoms with Crippen molar-refractivity contribution in [1.82, 2.24) is 15.1 Å². The SMILES string of the molecule is O=C(CC1CCNCC1)Nc1cnn(CC2CCCO2)c1. The van der Waals surface area contributed by atoms with Gasteiger partial charge in [0.05, 0.1) is 24.5 Å². The van der Waals surface area contributed by atoms with Gasteiger partial charge in [0.15, 0.2) is 0 Å². The van der Waals surface area contributed by atoms with Crippen LogP contribution in [0.25, 0.3) is 0 Å². The molecule has 1 unspecified atom stereocenters. The van der Waals surface area contributed by atoms with E-state index in [2.05, 4.69) is 15.7 Å². The van der Waals surface area contributed by atoms with Crippen molar-refractivity contribution in [3.63, 3.8) is 0 Å². The highest BCUT2D eigenvalue weighted by Crippen LogP contribution is 2.18. The van der Waals surface area contributed by atoms with Crippen LogP contribution in [-0.4, -0.2) is 41.5 Å². The molecule has 3 rings (SSSR count). The summed E-state index contributed by atoms with van der Waals surface area (Å²) in [6.45, 7) is 3.67. The van der Waals surface area contributed by atoms with Crippen LogP contribution in [-0.2, 0) is 16.1 Å². The number of ether oxygens (including phenoxy) is 1. The van der Waals surface area contributed by atoms with E-state index in [9.17, 15) is 4.79 Å². The Bertz CT molecular complexity index is 462.